The Hall–Kier alpha value is -5.45. The second-order valence-corrected chi connectivity index (χ2v) is 17.4. The Balaban J connectivity index is 0.000000175. The van der Waals surface area contributed by atoms with Crippen LogP contribution in [0.2, 0.25) is 0 Å². The van der Waals surface area contributed by atoms with E-state index in [1.165, 1.54) is 110 Å². The van der Waals surface area contributed by atoms with Crippen LogP contribution in [0.15, 0.2) is 243 Å². The number of hydrogen-bond donors (Lipinski definition) is 0. The standard InChI is InChI=1S/4C17H15.2ClH.2Zr/c4*1-2-13-7-3-5-9-15(13)17-12-11-14-8-4-6-10-16(14)17;;;;/h4*3-12H,2H2,1H3;2*1H;;/q4*-1;;;2*+2/p-2. The maximum absolute atomic E-state index is 2.24. The smallest absolute Gasteiger partial charge is 1.00 e. The summed E-state index contributed by atoms with van der Waals surface area (Å²) in [5.74, 6) is 0. The Bertz CT molecular complexity index is 3070. The number of fused-ring (bicyclic) bond motifs is 4. The van der Waals surface area contributed by atoms with Crippen LogP contribution in [0, 0.1) is 0 Å². The van der Waals surface area contributed by atoms with Gasteiger partial charge in [-0.15, -0.1) is 97.1 Å². The van der Waals surface area contributed by atoms with E-state index in [0.29, 0.717) is 0 Å². The average molecular weight is 1130 g/mol. The van der Waals surface area contributed by atoms with Crippen LogP contribution < -0.4 is 24.8 Å². The van der Waals surface area contributed by atoms with Crippen LogP contribution in [0.5, 0.6) is 0 Å². The molecule has 0 radical (unpaired) electrons. The van der Waals surface area contributed by atoms with Gasteiger partial charge in [-0.3, -0.25) is 0 Å². The molecule has 12 rings (SSSR count). The number of benzene rings is 8. The second-order valence-electron chi connectivity index (χ2n) is 17.4. The first kappa shape index (κ1) is 57.4. The Morgan fingerprint density at radius 3 is 0.625 bits per heavy atom. The molecular weight excluding hydrogens is 1070 g/mol. The molecule has 0 atom stereocenters. The molecule has 356 valence electrons. The van der Waals surface area contributed by atoms with Crippen molar-refractivity contribution in [2.45, 2.75) is 53.4 Å². The van der Waals surface area contributed by atoms with Gasteiger partial charge in [-0.25, -0.2) is 0 Å². The third-order valence-electron chi connectivity index (χ3n) is 13.5. The molecule has 0 aliphatic rings. The molecule has 0 amide bonds. The molecular formula is C68H60Cl2Zr2-2. The van der Waals surface area contributed by atoms with E-state index in [4.69, 9.17) is 0 Å². The van der Waals surface area contributed by atoms with E-state index < -0.39 is 0 Å². The zero-order valence-corrected chi connectivity index (χ0v) is 48.1. The second kappa shape index (κ2) is 28.1. The zero-order chi connectivity index (χ0) is 46.7. The van der Waals surface area contributed by atoms with Crippen molar-refractivity contribution in [3.05, 3.63) is 265 Å². The molecule has 0 fully saturated rings. The summed E-state index contributed by atoms with van der Waals surface area (Å²) in [5, 5.41) is 10.7. The van der Waals surface area contributed by atoms with Crippen molar-refractivity contribution in [3.63, 3.8) is 0 Å². The number of rotatable bonds is 8. The minimum absolute atomic E-state index is 0. The Morgan fingerprint density at radius 2 is 0.417 bits per heavy atom. The van der Waals surface area contributed by atoms with Gasteiger partial charge in [0.1, 0.15) is 0 Å². The first-order chi connectivity index (χ1) is 33.6. The van der Waals surface area contributed by atoms with Crippen molar-refractivity contribution in [2.24, 2.45) is 0 Å². The summed E-state index contributed by atoms with van der Waals surface area (Å²) >= 11 is 0. The number of halogens is 2. The third-order valence-corrected chi connectivity index (χ3v) is 13.5. The van der Waals surface area contributed by atoms with Crippen LogP contribution in [-0.4, -0.2) is 0 Å². The molecule has 0 N–H and O–H groups in total. The van der Waals surface area contributed by atoms with Gasteiger partial charge in [0.05, 0.1) is 0 Å². The molecule has 0 heterocycles. The number of aryl methyl sites for hydroxylation is 4. The summed E-state index contributed by atoms with van der Waals surface area (Å²) in [6, 6.07) is 86.8. The van der Waals surface area contributed by atoms with Crippen LogP contribution in [-0.2, 0) is 78.1 Å². The average Bonchev–Trinajstić information content (AvgIpc) is 4.24. The van der Waals surface area contributed by atoms with Gasteiger partial charge in [0, 0.05) is 0 Å². The SMILES string of the molecule is CCc1ccccc1-[c-]1ccc2ccccc21.CCc1ccccc1-[c-]1ccc2ccccc21.CCc1ccccc1-[c-]1ccc2ccccc21.CCc1ccccc1-[c-]1ccc2ccccc21.[Cl-].[Cl-].[Zr+2].[Zr+2]. The Morgan fingerprint density at radius 1 is 0.236 bits per heavy atom. The van der Waals surface area contributed by atoms with E-state index in [0.717, 1.165) is 25.7 Å². The van der Waals surface area contributed by atoms with Crippen LogP contribution >= 0.6 is 0 Å². The van der Waals surface area contributed by atoms with Gasteiger partial charge in [0.2, 0.25) is 0 Å². The van der Waals surface area contributed by atoms with Crippen molar-refractivity contribution >= 4 is 43.1 Å². The summed E-state index contributed by atoms with van der Waals surface area (Å²) in [5.41, 5.74) is 16.6. The van der Waals surface area contributed by atoms with Crippen molar-refractivity contribution in [1.82, 2.24) is 0 Å². The van der Waals surface area contributed by atoms with E-state index in [-0.39, 0.29) is 77.2 Å². The maximum atomic E-state index is 2.24. The van der Waals surface area contributed by atoms with Crippen molar-refractivity contribution in [3.8, 4) is 44.5 Å². The minimum atomic E-state index is 0. The van der Waals surface area contributed by atoms with E-state index in [2.05, 4.69) is 270 Å². The van der Waals surface area contributed by atoms with Gasteiger partial charge in [0.25, 0.3) is 0 Å². The van der Waals surface area contributed by atoms with E-state index in [1.54, 1.807) is 0 Å². The Kier molecular flexibility index (Phi) is 22.4. The predicted molar refractivity (Wildman–Crippen MR) is 297 cm³/mol. The van der Waals surface area contributed by atoms with Crippen LogP contribution in [0.4, 0.5) is 0 Å². The van der Waals surface area contributed by atoms with Crippen LogP contribution in [0.25, 0.3) is 87.6 Å². The predicted octanol–water partition coefficient (Wildman–Crippen LogP) is 13.2. The zero-order valence-electron chi connectivity index (χ0n) is 41.7. The normalized spacial score (nSPS) is 10.3. The van der Waals surface area contributed by atoms with Gasteiger partial charge >= 0.3 is 52.4 Å². The molecule has 12 aromatic rings. The monoisotopic (exact) mass is 1130 g/mol. The molecule has 0 saturated carbocycles. The summed E-state index contributed by atoms with van der Waals surface area (Å²) in [6.45, 7) is 8.85. The molecule has 0 spiro atoms. The molecule has 0 unspecified atom stereocenters. The minimum Gasteiger partial charge on any atom is -1.00 e. The van der Waals surface area contributed by atoms with Gasteiger partial charge in [-0.05, 0) is 0 Å². The first-order valence-corrected chi connectivity index (χ1v) is 24.5. The Labute approximate surface area is 478 Å². The topological polar surface area (TPSA) is 0 Å². The molecule has 72 heavy (non-hydrogen) atoms. The van der Waals surface area contributed by atoms with Gasteiger partial charge in [-0.1, -0.05) is 309 Å². The largest absolute Gasteiger partial charge is 2.00 e. The quantitative estimate of drug-likeness (QED) is 0.133. The fourth-order valence-electron chi connectivity index (χ4n) is 9.91. The molecule has 0 saturated heterocycles. The molecule has 4 heteroatoms. The fraction of sp³-hybridized carbons (Fsp3) is 0.118. The molecule has 0 aromatic heterocycles. The van der Waals surface area contributed by atoms with Crippen molar-refractivity contribution in [1.29, 1.82) is 0 Å². The van der Waals surface area contributed by atoms with Gasteiger partial charge < -0.3 is 24.8 Å². The molecule has 0 aliphatic heterocycles. The summed E-state index contributed by atoms with van der Waals surface area (Å²) in [7, 11) is 0. The summed E-state index contributed by atoms with van der Waals surface area (Å²) in [6.07, 6.45) is 4.32. The maximum Gasteiger partial charge on any atom is 2.00 e. The van der Waals surface area contributed by atoms with E-state index in [9.17, 15) is 0 Å². The molecule has 0 bridgehead atoms. The van der Waals surface area contributed by atoms with E-state index in [1.807, 2.05) is 0 Å². The molecule has 12 aromatic carbocycles. The van der Waals surface area contributed by atoms with Gasteiger partial charge in [0.15, 0.2) is 0 Å². The van der Waals surface area contributed by atoms with Crippen LogP contribution in [0.3, 0.4) is 0 Å². The van der Waals surface area contributed by atoms with Crippen molar-refractivity contribution in [2.75, 3.05) is 0 Å². The van der Waals surface area contributed by atoms with Gasteiger partial charge in [-0.2, -0.15) is 0 Å². The van der Waals surface area contributed by atoms with E-state index >= 15 is 0 Å². The third kappa shape index (κ3) is 12.8. The fourth-order valence-corrected chi connectivity index (χ4v) is 9.91. The number of hydrogen-bond acceptors (Lipinski definition) is 0. The van der Waals surface area contributed by atoms with Crippen molar-refractivity contribution < 1.29 is 77.2 Å². The van der Waals surface area contributed by atoms with Crippen LogP contribution in [0.1, 0.15) is 49.9 Å². The summed E-state index contributed by atoms with van der Waals surface area (Å²) in [4.78, 5) is 0. The molecule has 0 nitrogen and oxygen atoms in total. The molecule has 0 aliphatic carbocycles. The first-order valence-electron chi connectivity index (χ1n) is 24.5. The summed E-state index contributed by atoms with van der Waals surface area (Å²) < 4.78 is 0.